The fourth-order valence-electron chi connectivity index (χ4n) is 1.19. The van der Waals surface area contributed by atoms with Crippen LogP contribution in [0.2, 0.25) is 0 Å². The summed E-state index contributed by atoms with van der Waals surface area (Å²) < 4.78 is 26.0. The van der Waals surface area contributed by atoms with Crippen molar-refractivity contribution in [2.45, 2.75) is 26.3 Å². The van der Waals surface area contributed by atoms with E-state index in [0.29, 0.717) is 12.0 Å². The second kappa shape index (κ2) is 4.51. The van der Waals surface area contributed by atoms with E-state index in [1.165, 1.54) is 6.07 Å². The van der Waals surface area contributed by atoms with E-state index < -0.39 is 5.82 Å². The molecule has 0 aromatic heterocycles. The molecule has 1 aromatic carbocycles. The molecular formula is C11H15F2N. The molecule has 1 aromatic rings. The molecule has 0 heterocycles. The zero-order valence-corrected chi connectivity index (χ0v) is 8.43. The van der Waals surface area contributed by atoms with Gasteiger partial charge in [0.25, 0.3) is 0 Å². The summed E-state index contributed by atoms with van der Waals surface area (Å²) in [5, 5.41) is 0. The zero-order valence-electron chi connectivity index (χ0n) is 8.43. The van der Waals surface area contributed by atoms with Crippen LogP contribution in [0.4, 0.5) is 8.78 Å². The molecule has 1 unspecified atom stereocenters. The molecule has 0 saturated carbocycles. The first-order valence-electron chi connectivity index (χ1n) is 4.70. The molecule has 0 spiro atoms. The highest BCUT2D eigenvalue weighted by Gasteiger charge is 2.12. The highest BCUT2D eigenvalue weighted by atomic mass is 19.1. The fraction of sp³-hybridized carbons (Fsp3) is 0.455. The van der Waals surface area contributed by atoms with Crippen molar-refractivity contribution in [3.63, 3.8) is 0 Å². The Bertz CT molecular complexity index is 310. The summed E-state index contributed by atoms with van der Waals surface area (Å²) in [7, 11) is 0. The third kappa shape index (κ3) is 2.77. The molecule has 1 rings (SSSR count). The number of benzene rings is 1. The van der Waals surface area contributed by atoms with Crippen LogP contribution in [0.5, 0.6) is 0 Å². The number of hydrogen-bond donors (Lipinski definition) is 1. The van der Waals surface area contributed by atoms with E-state index >= 15 is 0 Å². The second-order valence-corrected chi connectivity index (χ2v) is 3.85. The van der Waals surface area contributed by atoms with Gasteiger partial charge < -0.3 is 5.73 Å². The van der Waals surface area contributed by atoms with Gasteiger partial charge in [0.1, 0.15) is 11.6 Å². The summed E-state index contributed by atoms with van der Waals surface area (Å²) in [6, 6.07) is 3.32. The van der Waals surface area contributed by atoms with E-state index in [1.807, 2.05) is 13.8 Å². The molecule has 2 N–H and O–H groups in total. The molecule has 0 aliphatic carbocycles. The lowest BCUT2D eigenvalue weighted by atomic mass is 9.97. The Kier molecular flexibility index (Phi) is 3.58. The standard InChI is InChI=1S/C11H15F2N/c1-7(2)11(14)6-8-5-9(12)3-4-10(8)13/h3-5,7,11H,6,14H2,1-2H3. The Labute approximate surface area is 82.9 Å². The van der Waals surface area contributed by atoms with E-state index in [9.17, 15) is 8.78 Å². The normalized spacial score (nSPS) is 13.3. The third-order valence-electron chi connectivity index (χ3n) is 2.32. The molecule has 0 aliphatic rings. The smallest absolute Gasteiger partial charge is 0.126 e. The predicted molar refractivity (Wildman–Crippen MR) is 52.9 cm³/mol. The van der Waals surface area contributed by atoms with Crippen molar-refractivity contribution in [2.24, 2.45) is 11.7 Å². The Balaban J connectivity index is 2.80. The SMILES string of the molecule is CC(C)C(N)Cc1cc(F)ccc1F. The largest absolute Gasteiger partial charge is 0.327 e. The molecule has 0 amide bonds. The van der Waals surface area contributed by atoms with Gasteiger partial charge in [-0.05, 0) is 36.1 Å². The van der Waals surface area contributed by atoms with Gasteiger partial charge >= 0.3 is 0 Å². The summed E-state index contributed by atoms with van der Waals surface area (Å²) in [6.45, 7) is 3.92. The van der Waals surface area contributed by atoms with E-state index in [1.54, 1.807) is 0 Å². The predicted octanol–water partition coefficient (Wildman–Crippen LogP) is 2.49. The quantitative estimate of drug-likeness (QED) is 0.795. The summed E-state index contributed by atoms with van der Waals surface area (Å²) in [5.41, 5.74) is 6.13. The van der Waals surface area contributed by atoms with Crippen LogP contribution in [-0.4, -0.2) is 6.04 Å². The average Bonchev–Trinajstić information content (AvgIpc) is 2.11. The van der Waals surface area contributed by atoms with Crippen LogP contribution >= 0.6 is 0 Å². The van der Waals surface area contributed by atoms with Crippen LogP contribution in [0.15, 0.2) is 18.2 Å². The Morgan fingerprint density at radius 2 is 1.93 bits per heavy atom. The molecule has 0 aliphatic heterocycles. The van der Waals surface area contributed by atoms with Crippen LogP contribution in [0.1, 0.15) is 19.4 Å². The highest BCUT2D eigenvalue weighted by molar-refractivity contribution is 5.19. The summed E-state index contributed by atoms with van der Waals surface area (Å²) >= 11 is 0. The van der Waals surface area contributed by atoms with Crippen molar-refractivity contribution in [2.75, 3.05) is 0 Å². The molecule has 14 heavy (non-hydrogen) atoms. The molecule has 0 fully saturated rings. The minimum Gasteiger partial charge on any atom is -0.327 e. The first kappa shape index (κ1) is 11.1. The van der Waals surface area contributed by atoms with E-state index in [-0.39, 0.29) is 17.8 Å². The van der Waals surface area contributed by atoms with Gasteiger partial charge in [0, 0.05) is 6.04 Å². The van der Waals surface area contributed by atoms with E-state index in [4.69, 9.17) is 5.73 Å². The summed E-state index contributed by atoms with van der Waals surface area (Å²) in [6.07, 6.45) is 0.376. The molecule has 0 bridgehead atoms. The zero-order chi connectivity index (χ0) is 10.7. The number of rotatable bonds is 3. The maximum atomic E-state index is 13.2. The van der Waals surface area contributed by atoms with Crippen LogP contribution in [0, 0.1) is 17.6 Å². The van der Waals surface area contributed by atoms with Crippen LogP contribution in [0.3, 0.4) is 0 Å². The minimum absolute atomic E-state index is 0.133. The molecular weight excluding hydrogens is 184 g/mol. The monoisotopic (exact) mass is 199 g/mol. The molecule has 0 radical (unpaired) electrons. The van der Waals surface area contributed by atoms with E-state index in [2.05, 4.69) is 0 Å². The summed E-state index contributed by atoms with van der Waals surface area (Å²) in [5.74, 6) is -0.544. The van der Waals surface area contributed by atoms with Gasteiger partial charge in [0.2, 0.25) is 0 Å². The van der Waals surface area contributed by atoms with Gasteiger partial charge in [-0.2, -0.15) is 0 Å². The first-order valence-corrected chi connectivity index (χ1v) is 4.70. The van der Waals surface area contributed by atoms with Crippen molar-refractivity contribution < 1.29 is 8.78 Å². The molecule has 0 saturated heterocycles. The first-order chi connectivity index (χ1) is 6.50. The minimum atomic E-state index is -0.419. The average molecular weight is 199 g/mol. The lowest BCUT2D eigenvalue weighted by Gasteiger charge is -2.15. The topological polar surface area (TPSA) is 26.0 Å². The van der Waals surface area contributed by atoms with Crippen LogP contribution < -0.4 is 5.73 Å². The van der Waals surface area contributed by atoms with Crippen molar-refractivity contribution in [3.8, 4) is 0 Å². The van der Waals surface area contributed by atoms with Gasteiger partial charge in [-0.15, -0.1) is 0 Å². The Morgan fingerprint density at radius 3 is 2.50 bits per heavy atom. The Hall–Kier alpha value is -0.960. The van der Waals surface area contributed by atoms with Crippen molar-refractivity contribution in [3.05, 3.63) is 35.4 Å². The highest BCUT2D eigenvalue weighted by Crippen LogP contribution is 2.13. The molecule has 3 heteroatoms. The molecule has 78 valence electrons. The van der Waals surface area contributed by atoms with Gasteiger partial charge in [0.05, 0.1) is 0 Å². The fourth-order valence-corrected chi connectivity index (χ4v) is 1.19. The van der Waals surface area contributed by atoms with Crippen LogP contribution in [0.25, 0.3) is 0 Å². The maximum absolute atomic E-state index is 13.2. The lowest BCUT2D eigenvalue weighted by molar-refractivity contribution is 0.477. The van der Waals surface area contributed by atoms with Gasteiger partial charge in [0.15, 0.2) is 0 Å². The maximum Gasteiger partial charge on any atom is 0.126 e. The molecule has 1 nitrogen and oxygen atoms in total. The van der Waals surface area contributed by atoms with Crippen LogP contribution in [-0.2, 0) is 6.42 Å². The Morgan fingerprint density at radius 1 is 1.29 bits per heavy atom. The van der Waals surface area contributed by atoms with Gasteiger partial charge in [-0.1, -0.05) is 13.8 Å². The lowest BCUT2D eigenvalue weighted by Crippen LogP contribution is -2.29. The second-order valence-electron chi connectivity index (χ2n) is 3.85. The van der Waals surface area contributed by atoms with Crippen molar-refractivity contribution in [1.82, 2.24) is 0 Å². The van der Waals surface area contributed by atoms with Crippen molar-refractivity contribution >= 4 is 0 Å². The number of halogens is 2. The molecule has 1 atom stereocenters. The summed E-state index contributed by atoms with van der Waals surface area (Å²) in [4.78, 5) is 0. The number of hydrogen-bond acceptors (Lipinski definition) is 1. The van der Waals surface area contributed by atoms with E-state index in [0.717, 1.165) is 12.1 Å². The van der Waals surface area contributed by atoms with Gasteiger partial charge in [-0.25, -0.2) is 8.78 Å². The number of nitrogens with two attached hydrogens (primary N) is 1. The van der Waals surface area contributed by atoms with Crippen molar-refractivity contribution in [1.29, 1.82) is 0 Å². The third-order valence-corrected chi connectivity index (χ3v) is 2.32. The van der Waals surface area contributed by atoms with Gasteiger partial charge in [-0.3, -0.25) is 0 Å².